The molecule has 2 heterocycles. The number of halogens is 1. The fourth-order valence-corrected chi connectivity index (χ4v) is 5.14. The Labute approximate surface area is 212 Å². The number of fused-ring (bicyclic) bond motifs is 1. The fraction of sp³-hybridized carbons (Fsp3) is 0.0385. The molecule has 7 nitrogen and oxygen atoms in total. The van der Waals surface area contributed by atoms with Gasteiger partial charge in [-0.15, -0.1) is 0 Å². The normalized spacial score (nSPS) is 11.2. The number of amides is 1. The minimum Gasteiger partial charge on any atom is -0.267 e. The molecule has 36 heavy (non-hydrogen) atoms. The van der Waals surface area contributed by atoms with Gasteiger partial charge in [-0.25, -0.2) is 9.37 Å². The zero-order valence-electron chi connectivity index (χ0n) is 18.6. The minimum absolute atomic E-state index is 0.0289. The predicted octanol–water partition coefficient (Wildman–Crippen LogP) is 6.68. The summed E-state index contributed by atoms with van der Waals surface area (Å²) in [6, 6.07) is 24.4. The highest BCUT2D eigenvalue weighted by molar-refractivity contribution is 7.22. The molecule has 0 saturated heterocycles. The number of hydrogen-bond donors (Lipinski definition) is 0. The molecule has 0 aliphatic rings. The molecule has 178 valence electrons. The van der Waals surface area contributed by atoms with Gasteiger partial charge in [0.1, 0.15) is 5.82 Å². The van der Waals surface area contributed by atoms with Crippen molar-refractivity contribution >= 4 is 55.1 Å². The number of rotatable bonds is 7. The second-order valence-electron chi connectivity index (χ2n) is 7.76. The van der Waals surface area contributed by atoms with Crippen LogP contribution in [0.3, 0.4) is 0 Å². The molecule has 0 fully saturated rings. The second-order valence-corrected chi connectivity index (χ2v) is 9.87. The number of hydrogen-bond acceptors (Lipinski definition) is 7. The van der Waals surface area contributed by atoms with E-state index in [1.165, 1.54) is 30.5 Å². The number of carbonyl (C=O) groups excluding carboxylic acids is 1. The highest BCUT2D eigenvalue weighted by Gasteiger charge is 2.21. The lowest BCUT2D eigenvalue weighted by molar-refractivity contribution is -0.380. The molecule has 2 aromatic heterocycles. The van der Waals surface area contributed by atoms with Crippen molar-refractivity contribution in [3.8, 4) is 0 Å². The van der Waals surface area contributed by atoms with Crippen molar-refractivity contribution in [2.24, 2.45) is 5.10 Å². The van der Waals surface area contributed by atoms with Gasteiger partial charge >= 0.3 is 5.00 Å². The van der Waals surface area contributed by atoms with E-state index in [2.05, 4.69) is 10.1 Å². The third-order valence-electron chi connectivity index (χ3n) is 5.26. The van der Waals surface area contributed by atoms with E-state index in [0.29, 0.717) is 20.7 Å². The number of thiazole rings is 1. The van der Waals surface area contributed by atoms with Crippen LogP contribution in [0.1, 0.15) is 26.4 Å². The van der Waals surface area contributed by atoms with E-state index < -0.39 is 16.6 Å². The van der Waals surface area contributed by atoms with E-state index in [0.717, 1.165) is 45.2 Å². The van der Waals surface area contributed by atoms with Gasteiger partial charge in [0.15, 0.2) is 0 Å². The maximum atomic E-state index is 13.7. The van der Waals surface area contributed by atoms with Crippen LogP contribution in [-0.4, -0.2) is 22.0 Å². The molecule has 5 rings (SSSR count). The van der Waals surface area contributed by atoms with Crippen LogP contribution >= 0.6 is 22.7 Å². The number of nitrogens with zero attached hydrogens (tertiary/aromatic N) is 4. The Morgan fingerprint density at radius 1 is 1.00 bits per heavy atom. The Balaban J connectivity index is 1.46. The minimum atomic E-state index is -0.482. The van der Waals surface area contributed by atoms with Crippen LogP contribution in [0.5, 0.6) is 0 Å². The smallest absolute Gasteiger partial charge is 0.267 e. The topological polar surface area (TPSA) is 88.7 Å². The average molecular weight is 517 g/mol. The molecule has 0 aliphatic carbocycles. The molecule has 0 atom stereocenters. The fourth-order valence-electron chi connectivity index (χ4n) is 3.51. The molecule has 0 spiro atoms. The van der Waals surface area contributed by atoms with Crippen molar-refractivity contribution in [1.82, 2.24) is 4.98 Å². The lowest BCUT2D eigenvalue weighted by Crippen LogP contribution is -2.25. The van der Waals surface area contributed by atoms with Gasteiger partial charge in [-0.3, -0.25) is 14.9 Å². The summed E-state index contributed by atoms with van der Waals surface area (Å²) in [5.74, 6) is -0.831. The van der Waals surface area contributed by atoms with Crippen LogP contribution in [0.4, 0.5) is 14.5 Å². The van der Waals surface area contributed by atoms with Crippen LogP contribution in [0.2, 0.25) is 0 Å². The Hall–Kier alpha value is -4.28. The summed E-state index contributed by atoms with van der Waals surface area (Å²) in [6.45, 7) is 0. The Morgan fingerprint density at radius 3 is 2.47 bits per heavy atom. The highest BCUT2D eigenvalue weighted by atomic mass is 32.1. The first-order chi connectivity index (χ1) is 17.5. The van der Waals surface area contributed by atoms with E-state index in [1.54, 1.807) is 18.2 Å². The summed E-state index contributed by atoms with van der Waals surface area (Å²) < 4.78 is 14.3. The molecule has 0 radical (unpaired) electrons. The molecule has 0 N–H and O–H groups in total. The number of aromatic nitrogens is 1. The molecule has 1 amide bonds. The number of thiophene rings is 1. The highest BCUT2D eigenvalue weighted by Crippen LogP contribution is 2.31. The molecule has 5 aromatic rings. The van der Waals surface area contributed by atoms with Crippen molar-refractivity contribution < 1.29 is 14.1 Å². The number of nitro groups is 1. The van der Waals surface area contributed by atoms with Crippen molar-refractivity contribution in [3.63, 3.8) is 0 Å². The predicted molar refractivity (Wildman–Crippen MR) is 141 cm³/mol. The Kier molecular flexibility index (Phi) is 6.61. The number of carbonyl (C=O) groups is 1. The maximum absolute atomic E-state index is 13.7. The molecule has 10 heteroatoms. The van der Waals surface area contributed by atoms with Crippen LogP contribution in [0.25, 0.3) is 10.2 Å². The molecule has 3 aromatic carbocycles. The zero-order valence-corrected chi connectivity index (χ0v) is 20.2. The SMILES string of the molecule is O=C(c1ccc(Cc2ccccc2)cc1)N(/N=C/c1ccc([N+](=O)[O-])s1)c1nc2ccc(F)cc2s1. The third-order valence-corrected chi connectivity index (χ3v) is 7.22. The van der Waals surface area contributed by atoms with Gasteiger partial charge in [0, 0.05) is 11.6 Å². The molecule has 0 bridgehead atoms. The zero-order chi connectivity index (χ0) is 25.1. The Bertz CT molecular complexity index is 1580. The Morgan fingerprint density at radius 2 is 1.75 bits per heavy atom. The van der Waals surface area contributed by atoms with Crippen LogP contribution in [0.15, 0.2) is 90.0 Å². The van der Waals surface area contributed by atoms with Gasteiger partial charge in [-0.2, -0.15) is 10.1 Å². The van der Waals surface area contributed by atoms with Crippen molar-refractivity contribution in [2.45, 2.75) is 6.42 Å². The summed E-state index contributed by atoms with van der Waals surface area (Å²) in [7, 11) is 0. The summed E-state index contributed by atoms with van der Waals surface area (Å²) in [6.07, 6.45) is 2.11. The first kappa shape index (κ1) is 23.5. The monoisotopic (exact) mass is 516 g/mol. The molecule has 0 unspecified atom stereocenters. The lowest BCUT2D eigenvalue weighted by atomic mass is 10.0. The largest absolute Gasteiger partial charge is 0.324 e. The van der Waals surface area contributed by atoms with Crippen molar-refractivity contribution in [3.05, 3.63) is 122 Å². The summed E-state index contributed by atoms with van der Waals surface area (Å²) in [5.41, 5.74) is 3.14. The molecular weight excluding hydrogens is 499 g/mol. The summed E-state index contributed by atoms with van der Waals surface area (Å²) in [4.78, 5) is 29.0. The maximum Gasteiger partial charge on any atom is 0.324 e. The first-order valence-electron chi connectivity index (χ1n) is 10.8. The van der Waals surface area contributed by atoms with E-state index in [9.17, 15) is 19.3 Å². The van der Waals surface area contributed by atoms with Crippen molar-refractivity contribution in [2.75, 3.05) is 5.01 Å². The standard InChI is InChI=1S/C26H17FN4O3S2/c27-20-10-12-22-23(15-20)36-26(29-22)30(28-16-21-11-13-24(35-21)31(33)34)25(32)19-8-6-18(7-9-19)14-17-4-2-1-3-5-17/h1-13,15-16H,14H2/b28-16+. The van der Waals surface area contributed by atoms with Gasteiger partial charge in [0.2, 0.25) is 5.13 Å². The quantitative estimate of drug-likeness (QED) is 0.137. The average Bonchev–Trinajstić information content (AvgIpc) is 3.52. The third kappa shape index (κ3) is 5.19. The van der Waals surface area contributed by atoms with Crippen LogP contribution < -0.4 is 5.01 Å². The van der Waals surface area contributed by atoms with Gasteiger partial charge in [-0.1, -0.05) is 65.1 Å². The van der Waals surface area contributed by atoms with Gasteiger partial charge in [0.25, 0.3) is 5.91 Å². The second kappa shape index (κ2) is 10.1. The van der Waals surface area contributed by atoms with Crippen LogP contribution in [0, 0.1) is 15.9 Å². The van der Waals surface area contributed by atoms with Gasteiger partial charge in [-0.05, 0) is 53.9 Å². The van der Waals surface area contributed by atoms with Gasteiger partial charge in [0.05, 0.1) is 26.2 Å². The number of benzene rings is 3. The first-order valence-corrected chi connectivity index (χ1v) is 12.4. The lowest BCUT2D eigenvalue weighted by Gasteiger charge is -2.14. The van der Waals surface area contributed by atoms with Crippen molar-refractivity contribution in [1.29, 1.82) is 0 Å². The van der Waals surface area contributed by atoms with E-state index in [1.807, 2.05) is 42.5 Å². The van der Waals surface area contributed by atoms with E-state index in [4.69, 9.17) is 0 Å². The number of hydrazone groups is 1. The van der Waals surface area contributed by atoms with Gasteiger partial charge < -0.3 is 0 Å². The molecule has 0 saturated carbocycles. The molecule has 0 aliphatic heterocycles. The molecular formula is C26H17FN4O3S2. The van der Waals surface area contributed by atoms with E-state index >= 15 is 0 Å². The van der Waals surface area contributed by atoms with E-state index in [-0.39, 0.29) is 10.1 Å². The summed E-state index contributed by atoms with van der Waals surface area (Å²) >= 11 is 2.07. The number of anilines is 1. The summed E-state index contributed by atoms with van der Waals surface area (Å²) in [5, 5.41) is 16.7. The van der Waals surface area contributed by atoms with Crippen LogP contribution in [-0.2, 0) is 6.42 Å².